The molecule has 4 aromatic rings. The van der Waals surface area contributed by atoms with Gasteiger partial charge in [-0.05, 0) is 61.7 Å². The van der Waals surface area contributed by atoms with Crippen LogP contribution >= 0.6 is 11.6 Å². The Bertz CT molecular complexity index is 1740. The average Bonchev–Trinajstić information content (AvgIpc) is 3.52. The average molecular weight is 616 g/mol. The first-order valence-corrected chi connectivity index (χ1v) is 15.6. The van der Waals surface area contributed by atoms with E-state index in [1.165, 1.54) is 7.11 Å². The number of para-hydroxylation sites is 1. The summed E-state index contributed by atoms with van der Waals surface area (Å²) in [5, 5.41) is 0.570. The summed E-state index contributed by atoms with van der Waals surface area (Å²) in [5.41, 5.74) is 4.08. The van der Waals surface area contributed by atoms with E-state index in [0.717, 1.165) is 86.1 Å². The van der Waals surface area contributed by atoms with Crippen LogP contribution in [-0.2, 0) is 28.4 Å². The van der Waals surface area contributed by atoms with Crippen molar-refractivity contribution >= 4 is 34.3 Å². The maximum atomic E-state index is 12.3. The van der Waals surface area contributed by atoms with Gasteiger partial charge in [-0.1, -0.05) is 17.7 Å². The molecule has 3 fully saturated rings. The van der Waals surface area contributed by atoms with Gasteiger partial charge in [-0.2, -0.15) is 0 Å². The molecule has 11 heteroatoms. The predicted molar refractivity (Wildman–Crippen MR) is 164 cm³/mol. The van der Waals surface area contributed by atoms with Crippen molar-refractivity contribution < 1.29 is 23.7 Å². The standard InChI is InChI=1S/C33H34ClN5O5/c1-33(29-11-7-21(34)17-35-29)43-28-5-3-4-26(31(28)44-33)38-14-13-37(24-9-10-25(24)38)19-30-36-23-8-6-20(32(40)41-2)16-27(23)39(30)18-22-12-15-42-22/h3-8,11,16-17,22,24-25H,9-10,12-15,18-19H2,1-2H3/t22-,24-,25-,33-/m0/s1. The molecule has 8 rings (SSSR count). The number of piperazine rings is 1. The SMILES string of the molecule is COC(=O)c1ccc2nc(CN3CCN(c4cccc5c4O[C@@](C)(c4ccc(Cl)cn4)O5)[C@H]4CC[C@@H]43)n(C[C@@H]3CCO3)c2c1. The number of fused-ring (bicyclic) bond motifs is 3. The number of ether oxygens (including phenoxy) is 4. The third-order valence-corrected chi connectivity index (χ3v) is 9.76. The summed E-state index contributed by atoms with van der Waals surface area (Å²) in [6.07, 6.45) is 5.04. The summed E-state index contributed by atoms with van der Waals surface area (Å²) in [6, 6.07) is 16.1. The molecule has 0 N–H and O–H groups in total. The number of rotatable bonds is 7. The van der Waals surface area contributed by atoms with Crippen LogP contribution in [0, 0.1) is 0 Å². The highest BCUT2D eigenvalue weighted by Crippen LogP contribution is 2.51. The van der Waals surface area contributed by atoms with Crippen LogP contribution in [0.5, 0.6) is 11.5 Å². The number of anilines is 1. The number of aromatic nitrogens is 3. The van der Waals surface area contributed by atoms with Crippen LogP contribution in [0.2, 0.25) is 5.02 Å². The van der Waals surface area contributed by atoms with Crippen LogP contribution in [0.1, 0.15) is 48.1 Å². The molecule has 44 heavy (non-hydrogen) atoms. The van der Waals surface area contributed by atoms with E-state index < -0.39 is 5.79 Å². The molecule has 3 aliphatic heterocycles. The van der Waals surface area contributed by atoms with Gasteiger partial charge >= 0.3 is 5.97 Å². The van der Waals surface area contributed by atoms with E-state index in [-0.39, 0.29) is 12.1 Å². The molecular formula is C33H34ClN5O5. The van der Waals surface area contributed by atoms with E-state index in [0.29, 0.717) is 28.4 Å². The van der Waals surface area contributed by atoms with E-state index in [1.54, 1.807) is 18.3 Å². The van der Waals surface area contributed by atoms with Crippen LogP contribution in [-0.4, -0.2) is 70.4 Å². The lowest BCUT2D eigenvalue weighted by atomic mass is 9.81. The molecule has 2 saturated heterocycles. The highest BCUT2D eigenvalue weighted by atomic mass is 35.5. The molecular weight excluding hydrogens is 582 g/mol. The molecule has 4 aliphatic rings. The Balaban J connectivity index is 1.04. The van der Waals surface area contributed by atoms with Crippen molar-refractivity contribution in [3.63, 3.8) is 0 Å². The third-order valence-electron chi connectivity index (χ3n) is 9.53. The summed E-state index contributed by atoms with van der Waals surface area (Å²) in [6.45, 7) is 5.88. The first-order chi connectivity index (χ1) is 21.4. The van der Waals surface area contributed by atoms with Crippen LogP contribution in [0.15, 0.2) is 54.7 Å². The number of carbonyl (C=O) groups excluding carboxylic acids is 1. The number of methoxy groups -OCH3 is 1. The molecule has 5 heterocycles. The van der Waals surface area contributed by atoms with Crippen molar-refractivity contribution in [2.75, 3.05) is 31.7 Å². The number of pyridine rings is 1. The Morgan fingerprint density at radius 3 is 2.68 bits per heavy atom. The molecule has 0 spiro atoms. The van der Waals surface area contributed by atoms with Crippen molar-refractivity contribution in [2.45, 2.75) is 63.3 Å². The normalized spacial score (nSPS) is 25.8. The summed E-state index contributed by atoms with van der Waals surface area (Å²) in [7, 11) is 1.41. The predicted octanol–water partition coefficient (Wildman–Crippen LogP) is 5.16. The minimum absolute atomic E-state index is 0.164. The van der Waals surface area contributed by atoms with Gasteiger partial charge in [0.25, 0.3) is 5.79 Å². The van der Waals surface area contributed by atoms with E-state index in [2.05, 4.69) is 25.4 Å². The minimum atomic E-state index is -1.03. The van der Waals surface area contributed by atoms with Crippen LogP contribution in [0.25, 0.3) is 11.0 Å². The first kappa shape index (κ1) is 27.7. The number of hydrogen-bond acceptors (Lipinski definition) is 9. The van der Waals surface area contributed by atoms with E-state index in [9.17, 15) is 4.79 Å². The Labute approximate surface area is 260 Å². The smallest absolute Gasteiger partial charge is 0.337 e. The highest BCUT2D eigenvalue weighted by Gasteiger charge is 2.47. The fraction of sp³-hybridized carbons (Fsp3) is 0.424. The summed E-state index contributed by atoms with van der Waals surface area (Å²) in [4.78, 5) is 26.9. The third kappa shape index (κ3) is 4.58. The van der Waals surface area contributed by atoms with Crippen LogP contribution < -0.4 is 14.4 Å². The molecule has 1 aliphatic carbocycles. The van der Waals surface area contributed by atoms with Crippen molar-refractivity contribution in [3.8, 4) is 11.5 Å². The second-order valence-corrected chi connectivity index (χ2v) is 12.5. The first-order valence-electron chi connectivity index (χ1n) is 15.2. The minimum Gasteiger partial charge on any atom is -0.465 e. The summed E-state index contributed by atoms with van der Waals surface area (Å²) < 4.78 is 25.9. The highest BCUT2D eigenvalue weighted by molar-refractivity contribution is 6.30. The van der Waals surface area contributed by atoms with Crippen molar-refractivity contribution in [3.05, 3.63) is 76.8 Å². The number of nitrogens with zero attached hydrogens (tertiary/aromatic N) is 5. The largest absolute Gasteiger partial charge is 0.465 e. The van der Waals surface area contributed by atoms with Crippen molar-refractivity contribution in [2.24, 2.45) is 0 Å². The lowest BCUT2D eigenvalue weighted by Gasteiger charge is -2.54. The van der Waals surface area contributed by atoms with Gasteiger partial charge in [-0.25, -0.2) is 9.78 Å². The van der Waals surface area contributed by atoms with Crippen LogP contribution in [0.4, 0.5) is 5.69 Å². The Morgan fingerprint density at radius 2 is 1.95 bits per heavy atom. The Hall–Kier alpha value is -3.86. The number of carbonyl (C=O) groups is 1. The molecule has 2 aromatic heterocycles. The van der Waals surface area contributed by atoms with Crippen LogP contribution in [0.3, 0.4) is 0 Å². The molecule has 0 amide bonds. The lowest BCUT2D eigenvalue weighted by molar-refractivity contribution is -0.0717. The second-order valence-electron chi connectivity index (χ2n) is 12.1. The fourth-order valence-corrected chi connectivity index (χ4v) is 7.07. The van der Waals surface area contributed by atoms with E-state index >= 15 is 0 Å². The molecule has 0 unspecified atom stereocenters. The van der Waals surface area contributed by atoms with Gasteiger partial charge in [-0.3, -0.25) is 9.88 Å². The van der Waals surface area contributed by atoms with Gasteiger partial charge in [0.1, 0.15) is 11.5 Å². The van der Waals surface area contributed by atoms with Gasteiger partial charge in [0, 0.05) is 44.9 Å². The van der Waals surface area contributed by atoms with Gasteiger partial charge in [-0.15, -0.1) is 0 Å². The molecule has 1 saturated carbocycles. The summed E-state index contributed by atoms with van der Waals surface area (Å²) >= 11 is 6.08. The maximum Gasteiger partial charge on any atom is 0.337 e. The quantitative estimate of drug-likeness (QED) is 0.262. The molecule has 4 atom stereocenters. The topological polar surface area (TPSA) is 91.2 Å². The van der Waals surface area contributed by atoms with Crippen molar-refractivity contribution in [1.29, 1.82) is 0 Å². The van der Waals surface area contributed by atoms with Gasteiger partial charge in [0.15, 0.2) is 11.5 Å². The number of hydrogen-bond donors (Lipinski definition) is 0. The Kier molecular flexibility index (Phi) is 6.69. The van der Waals surface area contributed by atoms with Gasteiger partial charge < -0.3 is 28.4 Å². The molecule has 10 nitrogen and oxygen atoms in total. The second kappa shape index (κ2) is 10.6. The number of imidazole rings is 1. The molecule has 2 aromatic carbocycles. The molecule has 0 bridgehead atoms. The fourth-order valence-electron chi connectivity index (χ4n) is 6.96. The maximum absolute atomic E-state index is 12.3. The molecule has 0 radical (unpaired) electrons. The zero-order chi connectivity index (χ0) is 30.0. The number of esters is 1. The number of benzene rings is 2. The van der Waals surface area contributed by atoms with E-state index in [4.69, 9.17) is 35.5 Å². The monoisotopic (exact) mass is 615 g/mol. The summed E-state index contributed by atoms with van der Waals surface area (Å²) in [5.74, 6) is 1.11. The van der Waals surface area contributed by atoms with Gasteiger partial charge in [0.2, 0.25) is 0 Å². The molecule has 228 valence electrons. The van der Waals surface area contributed by atoms with Gasteiger partial charge in [0.05, 0.1) is 53.6 Å². The van der Waals surface area contributed by atoms with E-state index in [1.807, 2.05) is 37.3 Å². The Morgan fingerprint density at radius 1 is 1.09 bits per heavy atom. The number of halogens is 1. The lowest BCUT2D eigenvalue weighted by Crippen LogP contribution is -2.64. The zero-order valence-corrected chi connectivity index (χ0v) is 25.5. The zero-order valence-electron chi connectivity index (χ0n) is 24.7. The van der Waals surface area contributed by atoms with Crippen molar-refractivity contribution in [1.82, 2.24) is 19.4 Å².